The summed E-state index contributed by atoms with van der Waals surface area (Å²) < 4.78 is 0. The van der Waals surface area contributed by atoms with E-state index in [1.807, 2.05) is 0 Å². The molecule has 2 heterocycles. The summed E-state index contributed by atoms with van der Waals surface area (Å²) in [7, 11) is 0. The van der Waals surface area contributed by atoms with Gasteiger partial charge in [0, 0.05) is 31.4 Å². The second-order valence-corrected chi connectivity index (χ2v) is 9.15. The molecule has 1 aromatic rings. The molecule has 10 N–H and O–H groups in total. The third-order valence-electron chi connectivity index (χ3n) is 6.01. The average Bonchev–Trinajstić information content (AvgIpc) is 3.51. The molecule has 0 aliphatic carbocycles. The van der Waals surface area contributed by atoms with Crippen molar-refractivity contribution in [1.82, 2.24) is 25.5 Å². The van der Waals surface area contributed by atoms with Crippen LogP contribution in [0.1, 0.15) is 45.2 Å². The molecule has 1 aliphatic rings. The van der Waals surface area contributed by atoms with Crippen molar-refractivity contribution in [2.75, 3.05) is 13.1 Å². The van der Waals surface area contributed by atoms with E-state index < -0.39 is 47.9 Å². The molecule has 0 saturated carbocycles. The maximum absolute atomic E-state index is 13.5. The number of carboxylic acids is 1. The summed E-state index contributed by atoms with van der Waals surface area (Å²) >= 11 is 0. The lowest BCUT2D eigenvalue weighted by atomic mass is 10.0. The van der Waals surface area contributed by atoms with Crippen LogP contribution < -0.4 is 27.8 Å². The fourth-order valence-electron chi connectivity index (χ4n) is 3.92. The van der Waals surface area contributed by atoms with Crippen LogP contribution in [0.2, 0.25) is 0 Å². The molecule has 1 saturated heterocycles. The number of amides is 3. The number of H-pyrrole nitrogens is 1. The smallest absolute Gasteiger partial charge is 0.326 e. The summed E-state index contributed by atoms with van der Waals surface area (Å²) in [6, 6.07) is -3.81. The van der Waals surface area contributed by atoms with Crippen LogP contribution in [0.4, 0.5) is 0 Å². The Balaban J connectivity index is 2.12. The number of aromatic amines is 1. The number of hydrogen-bond acceptors (Lipinski definition) is 7. The first kappa shape index (κ1) is 28.6. The van der Waals surface area contributed by atoms with E-state index >= 15 is 0 Å². The number of guanidine groups is 1. The lowest BCUT2D eigenvalue weighted by Gasteiger charge is -2.30. The van der Waals surface area contributed by atoms with Gasteiger partial charge in [0.25, 0.3) is 0 Å². The number of nitrogens with zero attached hydrogens (tertiary/aromatic N) is 3. The molecule has 36 heavy (non-hydrogen) atoms. The summed E-state index contributed by atoms with van der Waals surface area (Å²) in [6.45, 7) is 4.12. The summed E-state index contributed by atoms with van der Waals surface area (Å²) in [6.07, 6.45) is 4.52. The molecule has 4 unspecified atom stereocenters. The Morgan fingerprint density at radius 1 is 1.25 bits per heavy atom. The van der Waals surface area contributed by atoms with Crippen molar-refractivity contribution < 1.29 is 24.3 Å². The Kier molecular flexibility index (Phi) is 10.6. The van der Waals surface area contributed by atoms with E-state index in [1.165, 1.54) is 11.2 Å². The van der Waals surface area contributed by atoms with E-state index in [0.717, 1.165) is 0 Å². The molecule has 1 fully saturated rings. The number of rotatable bonds is 13. The zero-order valence-corrected chi connectivity index (χ0v) is 20.6. The fourth-order valence-corrected chi connectivity index (χ4v) is 3.92. The highest BCUT2D eigenvalue weighted by Crippen LogP contribution is 2.20. The average molecular weight is 508 g/mol. The molecule has 0 spiro atoms. The number of imidazole rings is 1. The number of likely N-dealkylation sites (tertiary alicyclic amines) is 1. The van der Waals surface area contributed by atoms with Gasteiger partial charge in [-0.2, -0.15) is 0 Å². The van der Waals surface area contributed by atoms with Gasteiger partial charge in [-0.1, -0.05) is 13.8 Å². The first-order valence-electron chi connectivity index (χ1n) is 11.9. The summed E-state index contributed by atoms with van der Waals surface area (Å²) in [5.41, 5.74) is 17.1. The molecule has 0 aromatic carbocycles. The van der Waals surface area contributed by atoms with Crippen molar-refractivity contribution in [3.63, 3.8) is 0 Å². The van der Waals surface area contributed by atoms with Gasteiger partial charge in [-0.15, -0.1) is 0 Å². The van der Waals surface area contributed by atoms with Gasteiger partial charge < -0.3 is 42.8 Å². The minimum absolute atomic E-state index is 0.0999. The molecule has 0 bridgehead atoms. The molecule has 2 rings (SSSR count). The molecule has 200 valence electrons. The third-order valence-corrected chi connectivity index (χ3v) is 6.01. The molecular formula is C22H37N9O5. The van der Waals surface area contributed by atoms with E-state index in [1.54, 1.807) is 20.0 Å². The van der Waals surface area contributed by atoms with Gasteiger partial charge in [-0.25, -0.2) is 9.78 Å². The third kappa shape index (κ3) is 8.22. The van der Waals surface area contributed by atoms with Crippen LogP contribution in [-0.4, -0.2) is 86.9 Å². The van der Waals surface area contributed by atoms with E-state index in [0.29, 0.717) is 31.5 Å². The minimum Gasteiger partial charge on any atom is -0.480 e. The van der Waals surface area contributed by atoms with Crippen molar-refractivity contribution in [2.45, 2.75) is 70.1 Å². The van der Waals surface area contributed by atoms with E-state index in [9.17, 15) is 24.3 Å². The minimum atomic E-state index is -1.20. The predicted molar refractivity (Wildman–Crippen MR) is 131 cm³/mol. The zero-order valence-electron chi connectivity index (χ0n) is 20.6. The second-order valence-electron chi connectivity index (χ2n) is 9.15. The van der Waals surface area contributed by atoms with Crippen molar-refractivity contribution in [3.8, 4) is 0 Å². The Morgan fingerprint density at radius 2 is 1.97 bits per heavy atom. The number of nitrogens with one attached hydrogen (secondary N) is 3. The Morgan fingerprint density at radius 3 is 2.56 bits per heavy atom. The van der Waals surface area contributed by atoms with Gasteiger partial charge in [0.2, 0.25) is 17.7 Å². The maximum Gasteiger partial charge on any atom is 0.326 e. The van der Waals surface area contributed by atoms with Crippen molar-refractivity contribution in [1.29, 1.82) is 0 Å². The van der Waals surface area contributed by atoms with Gasteiger partial charge in [0.1, 0.15) is 18.1 Å². The summed E-state index contributed by atoms with van der Waals surface area (Å²) in [5.74, 6) is -2.94. The fraction of sp³-hybridized carbons (Fsp3) is 0.636. The Hall–Kier alpha value is -3.68. The van der Waals surface area contributed by atoms with E-state index in [2.05, 4.69) is 25.6 Å². The number of carboxylic acid groups (broad SMARTS) is 1. The van der Waals surface area contributed by atoms with Gasteiger partial charge in [-0.05, 0) is 31.6 Å². The van der Waals surface area contributed by atoms with Gasteiger partial charge in [0.05, 0.1) is 12.4 Å². The Labute approximate surface area is 209 Å². The highest BCUT2D eigenvalue weighted by Gasteiger charge is 2.39. The quantitative estimate of drug-likeness (QED) is 0.0889. The number of nitrogens with two attached hydrogens (primary N) is 3. The van der Waals surface area contributed by atoms with Crippen LogP contribution in [-0.2, 0) is 25.6 Å². The van der Waals surface area contributed by atoms with Crippen LogP contribution in [0, 0.1) is 5.92 Å². The lowest BCUT2D eigenvalue weighted by molar-refractivity contribution is -0.145. The second kappa shape index (κ2) is 13.4. The SMILES string of the molecule is CC(C)C(N)C(=O)NC(Cc1cnc[nH]1)C(=O)N1CCCC1C(=O)NC(CCCN=C(N)N)C(=O)O. The maximum atomic E-state index is 13.5. The number of carbonyl (C=O) groups is 4. The topological polar surface area (TPSA) is 235 Å². The molecule has 14 heteroatoms. The largest absolute Gasteiger partial charge is 0.480 e. The molecular weight excluding hydrogens is 470 g/mol. The highest BCUT2D eigenvalue weighted by atomic mass is 16.4. The van der Waals surface area contributed by atoms with Gasteiger partial charge in [-0.3, -0.25) is 19.4 Å². The zero-order chi connectivity index (χ0) is 26.8. The first-order chi connectivity index (χ1) is 17.0. The number of carbonyl (C=O) groups excluding carboxylic acids is 3. The lowest BCUT2D eigenvalue weighted by Crippen LogP contribution is -2.57. The van der Waals surface area contributed by atoms with Crippen molar-refractivity contribution in [3.05, 3.63) is 18.2 Å². The van der Waals surface area contributed by atoms with Crippen LogP contribution in [0.25, 0.3) is 0 Å². The molecule has 4 atom stereocenters. The number of aromatic nitrogens is 2. The molecule has 3 amide bonds. The van der Waals surface area contributed by atoms with Crippen molar-refractivity contribution >= 4 is 29.7 Å². The molecule has 14 nitrogen and oxygen atoms in total. The number of hydrogen-bond donors (Lipinski definition) is 7. The Bertz CT molecular complexity index is 930. The highest BCUT2D eigenvalue weighted by molar-refractivity contribution is 5.94. The van der Waals surface area contributed by atoms with E-state index in [-0.39, 0.29) is 31.3 Å². The van der Waals surface area contributed by atoms with Crippen LogP contribution in [0.5, 0.6) is 0 Å². The molecule has 1 aliphatic heterocycles. The molecule has 1 aromatic heterocycles. The number of aliphatic carboxylic acids is 1. The first-order valence-corrected chi connectivity index (χ1v) is 11.9. The monoisotopic (exact) mass is 507 g/mol. The standard InChI is InChI=1S/C22H37N9O5/c1-12(2)17(23)19(33)30-15(9-13-10-26-11-28-13)20(34)31-8-4-6-16(31)18(32)29-14(21(35)36)5-3-7-27-22(24)25/h10-12,14-17H,3-9,23H2,1-2H3,(H,26,28)(H,29,32)(H,30,33)(H,35,36)(H4,24,25,27). The normalized spacial score (nSPS) is 17.8. The van der Waals surface area contributed by atoms with Crippen LogP contribution in [0.3, 0.4) is 0 Å². The summed E-state index contributed by atoms with van der Waals surface area (Å²) in [4.78, 5) is 62.9. The van der Waals surface area contributed by atoms with Crippen LogP contribution >= 0.6 is 0 Å². The van der Waals surface area contributed by atoms with Gasteiger partial charge >= 0.3 is 5.97 Å². The number of aliphatic imine (C=N–C) groups is 1. The van der Waals surface area contributed by atoms with Crippen molar-refractivity contribution in [2.24, 2.45) is 28.1 Å². The molecule has 0 radical (unpaired) electrons. The predicted octanol–water partition coefficient (Wildman–Crippen LogP) is -1.97. The van der Waals surface area contributed by atoms with Crippen LogP contribution in [0.15, 0.2) is 17.5 Å². The van der Waals surface area contributed by atoms with E-state index in [4.69, 9.17) is 17.2 Å². The summed E-state index contributed by atoms with van der Waals surface area (Å²) in [5, 5.41) is 14.8. The van der Waals surface area contributed by atoms with Gasteiger partial charge in [0.15, 0.2) is 5.96 Å².